The van der Waals surface area contributed by atoms with Gasteiger partial charge in [-0.2, -0.15) is 0 Å². The highest BCUT2D eigenvalue weighted by atomic mass is 32.1. The van der Waals surface area contributed by atoms with Crippen molar-refractivity contribution in [2.75, 3.05) is 5.32 Å². The van der Waals surface area contributed by atoms with Gasteiger partial charge in [0.25, 0.3) is 0 Å². The monoisotopic (exact) mass is 402 g/mol. The average Bonchev–Trinajstić information content (AvgIpc) is 3.12. The molecule has 2 aromatic rings. The van der Waals surface area contributed by atoms with Crippen molar-refractivity contribution in [1.82, 2.24) is 15.5 Å². The molecular weight excluding hydrogens is 372 g/mol. The fourth-order valence-corrected chi connectivity index (χ4v) is 3.51. The van der Waals surface area contributed by atoms with E-state index in [0.29, 0.717) is 11.6 Å². The molecule has 7 heteroatoms. The molecule has 152 valence electrons. The van der Waals surface area contributed by atoms with Crippen LogP contribution < -0.4 is 10.6 Å². The van der Waals surface area contributed by atoms with Gasteiger partial charge in [0.05, 0.1) is 0 Å². The Balaban J connectivity index is 1.94. The smallest absolute Gasteiger partial charge is 0.249 e. The van der Waals surface area contributed by atoms with Crippen molar-refractivity contribution in [2.45, 2.75) is 65.8 Å². The first-order valence-electron chi connectivity index (χ1n) is 9.91. The van der Waals surface area contributed by atoms with Crippen LogP contribution >= 0.6 is 11.3 Å². The molecule has 2 amide bonds. The number of amides is 2. The highest BCUT2D eigenvalue weighted by Gasteiger charge is 2.25. The van der Waals surface area contributed by atoms with Crippen molar-refractivity contribution < 1.29 is 9.59 Å². The van der Waals surface area contributed by atoms with Gasteiger partial charge in [0.15, 0.2) is 0 Å². The maximum Gasteiger partial charge on any atom is 0.249 e. The Morgan fingerprint density at radius 1 is 1.07 bits per heavy atom. The van der Waals surface area contributed by atoms with Crippen LogP contribution in [-0.2, 0) is 9.59 Å². The van der Waals surface area contributed by atoms with E-state index in [0.717, 1.165) is 36.3 Å². The first-order chi connectivity index (χ1) is 13.4. The van der Waals surface area contributed by atoms with Crippen LogP contribution in [0.3, 0.4) is 0 Å². The lowest BCUT2D eigenvalue weighted by atomic mass is 10.0. The van der Waals surface area contributed by atoms with Crippen LogP contribution in [0.5, 0.6) is 0 Å². The van der Waals surface area contributed by atoms with E-state index in [9.17, 15) is 9.59 Å². The van der Waals surface area contributed by atoms with Crippen molar-refractivity contribution in [3.8, 4) is 10.6 Å². The number of benzene rings is 1. The van der Waals surface area contributed by atoms with Crippen LogP contribution in [0.2, 0.25) is 0 Å². The molecule has 0 fully saturated rings. The van der Waals surface area contributed by atoms with Gasteiger partial charge in [-0.15, -0.1) is 10.2 Å². The normalized spacial score (nSPS) is 12.0. The lowest BCUT2D eigenvalue weighted by Crippen LogP contribution is -2.47. The molecular formula is C21H30N4O2S. The van der Waals surface area contributed by atoms with E-state index in [1.807, 2.05) is 45.0 Å². The SMILES string of the molecule is CCCCCCC(=O)N[C@H](C(=O)Nc1nnc(-c2ccc(C)cc2)s1)C(C)C. The number of unbranched alkanes of at least 4 members (excludes halogenated alkanes) is 3. The minimum atomic E-state index is -0.592. The van der Waals surface area contributed by atoms with Gasteiger partial charge in [-0.3, -0.25) is 14.9 Å². The van der Waals surface area contributed by atoms with Crippen LogP contribution in [0.15, 0.2) is 24.3 Å². The number of carbonyl (C=O) groups excluding carboxylic acids is 2. The molecule has 0 saturated carbocycles. The third-order valence-electron chi connectivity index (χ3n) is 4.48. The van der Waals surface area contributed by atoms with Crippen LogP contribution in [-0.4, -0.2) is 28.1 Å². The zero-order valence-electron chi connectivity index (χ0n) is 17.1. The number of hydrogen-bond donors (Lipinski definition) is 2. The van der Waals surface area contributed by atoms with Gasteiger partial charge in [-0.25, -0.2) is 0 Å². The molecule has 0 radical (unpaired) electrons. The lowest BCUT2D eigenvalue weighted by Gasteiger charge is -2.21. The summed E-state index contributed by atoms with van der Waals surface area (Å²) in [6.45, 7) is 8.00. The number of hydrogen-bond acceptors (Lipinski definition) is 5. The number of nitrogens with one attached hydrogen (secondary N) is 2. The van der Waals surface area contributed by atoms with E-state index in [1.54, 1.807) is 0 Å². The number of aromatic nitrogens is 2. The quantitative estimate of drug-likeness (QED) is 0.571. The fraction of sp³-hybridized carbons (Fsp3) is 0.524. The van der Waals surface area contributed by atoms with Gasteiger partial charge >= 0.3 is 0 Å². The standard InChI is InChI=1S/C21H30N4O2S/c1-5-6-7-8-9-17(26)22-18(14(2)3)19(27)23-21-25-24-20(28-21)16-12-10-15(4)11-13-16/h10-14,18H,5-9H2,1-4H3,(H,22,26)(H,23,25,27)/t18-/m0/s1. The molecule has 0 unspecified atom stereocenters. The largest absolute Gasteiger partial charge is 0.344 e. The summed E-state index contributed by atoms with van der Waals surface area (Å²) in [7, 11) is 0. The molecule has 0 saturated heterocycles. The number of nitrogens with zero attached hydrogens (tertiary/aromatic N) is 2. The first kappa shape index (κ1) is 22.0. The van der Waals surface area contributed by atoms with Crippen molar-refractivity contribution in [2.24, 2.45) is 5.92 Å². The second kappa shape index (κ2) is 10.9. The minimum absolute atomic E-state index is 0.0240. The summed E-state index contributed by atoms with van der Waals surface area (Å²) in [5.41, 5.74) is 2.14. The lowest BCUT2D eigenvalue weighted by molar-refractivity contribution is -0.127. The van der Waals surface area contributed by atoms with E-state index < -0.39 is 6.04 Å². The van der Waals surface area contributed by atoms with E-state index >= 15 is 0 Å². The number of anilines is 1. The fourth-order valence-electron chi connectivity index (χ4n) is 2.76. The maximum absolute atomic E-state index is 12.7. The number of rotatable bonds is 10. The van der Waals surface area contributed by atoms with E-state index in [2.05, 4.69) is 27.8 Å². The Morgan fingerprint density at radius 3 is 2.43 bits per heavy atom. The second-order valence-electron chi connectivity index (χ2n) is 7.37. The molecule has 1 aromatic heterocycles. The Morgan fingerprint density at radius 2 is 1.79 bits per heavy atom. The molecule has 1 atom stereocenters. The Hall–Kier alpha value is -2.28. The second-order valence-corrected chi connectivity index (χ2v) is 8.35. The predicted molar refractivity (Wildman–Crippen MR) is 114 cm³/mol. The van der Waals surface area contributed by atoms with Gasteiger partial charge in [-0.05, 0) is 19.3 Å². The maximum atomic E-state index is 12.7. The van der Waals surface area contributed by atoms with Crippen LogP contribution in [0.1, 0.15) is 58.4 Å². The highest BCUT2D eigenvalue weighted by molar-refractivity contribution is 7.18. The summed E-state index contributed by atoms with van der Waals surface area (Å²) in [6.07, 6.45) is 4.59. The minimum Gasteiger partial charge on any atom is -0.344 e. The molecule has 2 rings (SSSR count). The van der Waals surface area contributed by atoms with Gasteiger partial charge < -0.3 is 5.32 Å². The number of carbonyl (C=O) groups is 2. The third kappa shape index (κ3) is 6.71. The van der Waals surface area contributed by atoms with Gasteiger partial charge in [0.1, 0.15) is 11.0 Å². The van der Waals surface area contributed by atoms with Crippen LogP contribution in [0.25, 0.3) is 10.6 Å². The van der Waals surface area contributed by atoms with Gasteiger partial charge in [-0.1, -0.05) is 81.2 Å². The molecule has 0 bridgehead atoms. The Kier molecular flexibility index (Phi) is 8.57. The summed E-state index contributed by atoms with van der Waals surface area (Å²) in [6, 6.07) is 7.40. The molecule has 28 heavy (non-hydrogen) atoms. The third-order valence-corrected chi connectivity index (χ3v) is 5.36. The summed E-state index contributed by atoms with van der Waals surface area (Å²) in [4.78, 5) is 24.8. The van der Waals surface area contributed by atoms with E-state index in [4.69, 9.17) is 0 Å². The molecule has 0 aliphatic heterocycles. The molecule has 2 N–H and O–H groups in total. The van der Waals surface area contributed by atoms with Crippen molar-refractivity contribution >= 4 is 28.3 Å². The summed E-state index contributed by atoms with van der Waals surface area (Å²) in [5, 5.41) is 15.1. The zero-order valence-corrected chi connectivity index (χ0v) is 17.9. The Labute approximate surface area is 171 Å². The first-order valence-corrected chi connectivity index (χ1v) is 10.7. The molecule has 6 nitrogen and oxygen atoms in total. The van der Waals surface area contributed by atoms with E-state index in [-0.39, 0.29) is 17.7 Å². The summed E-state index contributed by atoms with van der Waals surface area (Å²) < 4.78 is 0. The van der Waals surface area contributed by atoms with Crippen molar-refractivity contribution in [1.29, 1.82) is 0 Å². The van der Waals surface area contributed by atoms with Crippen LogP contribution in [0, 0.1) is 12.8 Å². The highest BCUT2D eigenvalue weighted by Crippen LogP contribution is 2.26. The summed E-state index contributed by atoms with van der Waals surface area (Å²) in [5.74, 6) is -0.366. The molecule has 1 aromatic carbocycles. The molecule has 0 aliphatic carbocycles. The molecule has 0 spiro atoms. The van der Waals surface area contributed by atoms with Gasteiger partial charge in [0.2, 0.25) is 16.9 Å². The topological polar surface area (TPSA) is 84.0 Å². The summed E-state index contributed by atoms with van der Waals surface area (Å²) >= 11 is 1.32. The predicted octanol–water partition coefficient (Wildman–Crippen LogP) is 4.56. The number of aryl methyl sites for hydroxylation is 1. The van der Waals surface area contributed by atoms with E-state index in [1.165, 1.54) is 16.9 Å². The molecule has 1 heterocycles. The van der Waals surface area contributed by atoms with Gasteiger partial charge in [0, 0.05) is 12.0 Å². The molecule has 0 aliphatic rings. The zero-order chi connectivity index (χ0) is 20.5. The average molecular weight is 403 g/mol. The van der Waals surface area contributed by atoms with Crippen molar-refractivity contribution in [3.05, 3.63) is 29.8 Å². The van der Waals surface area contributed by atoms with Crippen LogP contribution in [0.4, 0.5) is 5.13 Å². The Bertz CT molecular complexity index is 771. The van der Waals surface area contributed by atoms with Crippen molar-refractivity contribution in [3.63, 3.8) is 0 Å².